The molecule has 3 aliphatic heterocycles. The number of hydrogen-bond acceptors (Lipinski definition) is 4. The van der Waals surface area contributed by atoms with Crippen molar-refractivity contribution >= 4 is 23.6 Å². The van der Waals surface area contributed by atoms with E-state index in [0.717, 1.165) is 37.3 Å². The largest absolute Gasteiger partial charge is 0.341 e. The van der Waals surface area contributed by atoms with Crippen LogP contribution in [-0.2, 0) is 9.59 Å². The van der Waals surface area contributed by atoms with Gasteiger partial charge >= 0.3 is 0 Å². The molecular weight excluding hydrogens is 358 g/mol. The van der Waals surface area contributed by atoms with Crippen molar-refractivity contribution in [3.8, 4) is 0 Å². The first kappa shape index (κ1) is 18.7. The molecule has 0 bridgehead atoms. The summed E-state index contributed by atoms with van der Waals surface area (Å²) in [5.74, 6) is -0.600. The first-order valence-electron chi connectivity index (χ1n) is 10.0. The van der Waals surface area contributed by atoms with E-state index in [1.807, 2.05) is 4.90 Å². The van der Waals surface area contributed by atoms with Gasteiger partial charge in [0, 0.05) is 19.6 Å². The molecule has 7 heteroatoms. The number of hydrogen-bond donors (Lipinski definition) is 0. The van der Waals surface area contributed by atoms with Crippen molar-refractivity contribution in [2.45, 2.75) is 38.6 Å². The number of fused-ring (bicyclic) bond motifs is 1. The molecule has 0 aromatic heterocycles. The number of amides is 4. The Hall–Kier alpha value is -2.70. The summed E-state index contributed by atoms with van der Waals surface area (Å²) >= 11 is 0. The summed E-state index contributed by atoms with van der Waals surface area (Å²) in [6.07, 6.45) is 3.37. The van der Waals surface area contributed by atoms with E-state index in [1.54, 1.807) is 29.2 Å². The summed E-state index contributed by atoms with van der Waals surface area (Å²) < 4.78 is 0. The summed E-state index contributed by atoms with van der Waals surface area (Å²) in [5.41, 5.74) is 0.661. The van der Waals surface area contributed by atoms with E-state index in [-0.39, 0.29) is 18.4 Å². The lowest BCUT2D eigenvalue weighted by molar-refractivity contribution is -0.144. The first-order valence-corrected chi connectivity index (χ1v) is 10.0. The SMILES string of the molecule is CC1CCN(C(=O)[C@@H]2CCCN2C(=O)CN2C(=O)c3ccccc3C2=O)CC1. The van der Waals surface area contributed by atoms with Gasteiger partial charge in [-0.3, -0.25) is 24.1 Å². The number of nitrogens with zero attached hydrogens (tertiary/aromatic N) is 3. The number of rotatable bonds is 3. The Labute approximate surface area is 164 Å². The lowest BCUT2D eigenvalue weighted by Crippen LogP contribution is -2.52. The summed E-state index contributed by atoms with van der Waals surface area (Å²) in [4.78, 5) is 55.3. The minimum atomic E-state index is -0.476. The van der Waals surface area contributed by atoms with Crippen LogP contribution in [-0.4, -0.2) is 70.5 Å². The van der Waals surface area contributed by atoms with Crippen LogP contribution in [0.25, 0.3) is 0 Å². The minimum Gasteiger partial charge on any atom is -0.341 e. The van der Waals surface area contributed by atoms with Gasteiger partial charge in [-0.05, 0) is 43.7 Å². The predicted molar refractivity (Wildman–Crippen MR) is 102 cm³/mol. The Balaban J connectivity index is 1.44. The van der Waals surface area contributed by atoms with Crippen molar-refractivity contribution in [3.63, 3.8) is 0 Å². The van der Waals surface area contributed by atoms with Crippen LogP contribution in [0.4, 0.5) is 0 Å². The molecule has 4 amide bonds. The third-order valence-corrected chi connectivity index (χ3v) is 6.13. The molecular formula is C21H25N3O4. The molecule has 0 saturated carbocycles. The van der Waals surface area contributed by atoms with Crippen molar-refractivity contribution in [3.05, 3.63) is 35.4 Å². The second kappa shape index (κ2) is 7.37. The van der Waals surface area contributed by atoms with Crippen LogP contribution in [0.2, 0.25) is 0 Å². The third kappa shape index (κ3) is 3.19. The number of piperidine rings is 1. The standard InChI is InChI=1S/C21H25N3O4/c1-14-8-11-22(12-9-14)21(28)17-7-4-10-23(17)18(25)13-24-19(26)15-5-2-3-6-16(15)20(24)27/h2-3,5-6,14,17H,4,7-13H2,1H3/t17-/m0/s1. The highest BCUT2D eigenvalue weighted by Crippen LogP contribution is 2.26. The minimum absolute atomic E-state index is 0.000103. The molecule has 1 atom stereocenters. The third-order valence-electron chi connectivity index (χ3n) is 6.13. The van der Waals surface area contributed by atoms with Crippen LogP contribution >= 0.6 is 0 Å². The highest BCUT2D eigenvalue weighted by Gasteiger charge is 2.41. The van der Waals surface area contributed by atoms with Gasteiger partial charge in [-0.2, -0.15) is 0 Å². The Morgan fingerprint density at radius 2 is 1.57 bits per heavy atom. The highest BCUT2D eigenvalue weighted by molar-refractivity contribution is 6.22. The first-order chi connectivity index (χ1) is 13.5. The molecule has 0 radical (unpaired) electrons. The van der Waals surface area contributed by atoms with Gasteiger partial charge in [-0.15, -0.1) is 0 Å². The molecule has 1 aromatic rings. The molecule has 4 rings (SSSR count). The monoisotopic (exact) mass is 383 g/mol. The number of benzene rings is 1. The summed E-state index contributed by atoms with van der Waals surface area (Å²) in [6, 6.07) is 6.11. The molecule has 3 aliphatic rings. The highest BCUT2D eigenvalue weighted by atomic mass is 16.2. The molecule has 28 heavy (non-hydrogen) atoms. The maximum atomic E-state index is 13.0. The molecule has 2 fully saturated rings. The van der Waals surface area contributed by atoms with E-state index in [0.29, 0.717) is 30.0 Å². The molecule has 0 unspecified atom stereocenters. The number of imide groups is 1. The van der Waals surface area contributed by atoms with E-state index >= 15 is 0 Å². The lowest BCUT2D eigenvalue weighted by Gasteiger charge is -2.34. The van der Waals surface area contributed by atoms with Crippen LogP contribution in [0.3, 0.4) is 0 Å². The summed E-state index contributed by atoms with van der Waals surface area (Å²) in [7, 11) is 0. The zero-order valence-electron chi connectivity index (χ0n) is 16.1. The average molecular weight is 383 g/mol. The normalized spacial score (nSPS) is 22.8. The van der Waals surface area contributed by atoms with Crippen LogP contribution in [0, 0.1) is 5.92 Å². The molecule has 7 nitrogen and oxygen atoms in total. The van der Waals surface area contributed by atoms with E-state index in [9.17, 15) is 19.2 Å². The molecule has 0 aliphatic carbocycles. The average Bonchev–Trinajstić information content (AvgIpc) is 3.28. The Morgan fingerprint density at radius 1 is 0.964 bits per heavy atom. The van der Waals surface area contributed by atoms with Crippen molar-refractivity contribution in [2.24, 2.45) is 5.92 Å². The molecule has 148 valence electrons. The van der Waals surface area contributed by atoms with Crippen molar-refractivity contribution in [1.29, 1.82) is 0 Å². The smallest absolute Gasteiger partial charge is 0.262 e. The van der Waals surface area contributed by atoms with Crippen LogP contribution in [0.5, 0.6) is 0 Å². The predicted octanol–water partition coefficient (Wildman–Crippen LogP) is 1.53. The van der Waals surface area contributed by atoms with Gasteiger partial charge in [0.15, 0.2) is 0 Å². The Morgan fingerprint density at radius 3 is 2.18 bits per heavy atom. The Kier molecular flexibility index (Phi) is 4.91. The quantitative estimate of drug-likeness (QED) is 0.742. The van der Waals surface area contributed by atoms with E-state index in [1.165, 1.54) is 0 Å². The second-order valence-electron chi connectivity index (χ2n) is 8.00. The fraction of sp³-hybridized carbons (Fsp3) is 0.524. The lowest BCUT2D eigenvalue weighted by atomic mass is 9.98. The van der Waals surface area contributed by atoms with Gasteiger partial charge in [0.25, 0.3) is 11.8 Å². The van der Waals surface area contributed by atoms with E-state index in [4.69, 9.17) is 0 Å². The fourth-order valence-electron chi connectivity index (χ4n) is 4.37. The number of carbonyl (C=O) groups excluding carboxylic acids is 4. The van der Waals surface area contributed by atoms with Crippen LogP contribution in [0.15, 0.2) is 24.3 Å². The van der Waals surface area contributed by atoms with E-state index in [2.05, 4.69) is 6.92 Å². The van der Waals surface area contributed by atoms with Gasteiger partial charge in [0.1, 0.15) is 12.6 Å². The number of carbonyl (C=O) groups is 4. The van der Waals surface area contributed by atoms with Gasteiger partial charge in [-0.25, -0.2) is 0 Å². The van der Waals surface area contributed by atoms with Crippen molar-refractivity contribution in [2.75, 3.05) is 26.2 Å². The molecule has 2 saturated heterocycles. The van der Waals surface area contributed by atoms with Crippen molar-refractivity contribution in [1.82, 2.24) is 14.7 Å². The molecule has 3 heterocycles. The van der Waals surface area contributed by atoms with Crippen molar-refractivity contribution < 1.29 is 19.2 Å². The zero-order valence-corrected chi connectivity index (χ0v) is 16.1. The van der Waals surface area contributed by atoms with Crippen LogP contribution < -0.4 is 0 Å². The Bertz CT molecular complexity index is 794. The van der Waals surface area contributed by atoms with Crippen LogP contribution in [0.1, 0.15) is 53.3 Å². The fourth-order valence-corrected chi connectivity index (χ4v) is 4.37. The molecule has 1 aromatic carbocycles. The summed E-state index contributed by atoms with van der Waals surface area (Å²) in [5, 5.41) is 0. The topological polar surface area (TPSA) is 78.0 Å². The van der Waals surface area contributed by atoms with Gasteiger partial charge in [-0.1, -0.05) is 19.1 Å². The van der Waals surface area contributed by atoms with Gasteiger partial charge < -0.3 is 9.80 Å². The number of likely N-dealkylation sites (tertiary alicyclic amines) is 2. The maximum absolute atomic E-state index is 13.0. The molecule has 0 spiro atoms. The van der Waals surface area contributed by atoms with Gasteiger partial charge in [0.05, 0.1) is 11.1 Å². The van der Waals surface area contributed by atoms with E-state index < -0.39 is 17.9 Å². The van der Waals surface area contributed by atoms with Gasteiger partial charge in [0.2, 0.25) is 11.8 Å². The molecule has 0 N–H and O–H groups in total. The maximum Gasteiger partial charge on any atom is 0.262 e. The second-order valence-corrected chi connectivity index (χ2v) is 8.00. The summed E-state index contributed by atoms with van der Waals surface area (Å²) in [6.45, 7) is 3.83. The zero-order chi connectivity index (χ0) is 19.8.